The number of nitrogens with zero attached hydrogens (tertiary/aromatic N) is 1. The van der Waals surface area contributed by atoms with Crippen molar-refractivity contribution in [2.75, 3.05) is 18.1 Å². The minimum atomic E-state index is -3.05. The molecular weight excluding hydrogens is 304 g/mol. The van der Waals surface area contributed by atoms with Crippen LogP contribution in [0.4, 0.5) is 0 Å². The van der Waals surface area contributed by atoms with Gasteiger partial charge in [0.1, 0.15) is 5.41 Å². The van der Waals surface area contributed by atoms with E-state index in [1.807, 2.05) is 27.7 Å². The molecule has 2 rings (SSSR count). The third-order valence-electron chi connectivity index (χ3n) is 4.33. The zero-order valence-corrected chi connectivity index (χ0v) is 14.6. The molecule has 2 aliphatic rings. The summed E-state index contributed by atoms with van der Waals surface area (Å²) in [4.78, 5) is 26.9. The number of rotatable bonds is 4. The summed E-state index contributed by atoms with van der Waals surface area (Å²) < 4.78 is 23.3. The normalized spacial score (nSPS) is 25.5. The molecule has 126 valence electrons. The molecule has 2 amide bonds. The van der Waals surface area contributed by atoms with Gasteiger partial charge in [0.25, 0.3) is 0 Å². The molecule has 1 saturated heterocycles. The van der Waals surface area contributed by atoms with E-state index in [0.29, 0.717) is 25.8 Å². The number of hydrogen-bond donors (Lipinski definition) is 1. The average Bonchev–Trinajstić information content (AvgIpc) is 3.09. The summed E-state index contributed by atoms with van der Waals surface area (Å²) in [6.07, 6.45) is 1.56. The maximum absolute atomic E-state index is 12.9. The van der Waals surface area contributed by atoms with Crippen molar-refractivity contribution < 1.29 is 18.0 Å². The predicted molar refractivity (Wildman–Crippen MR) is 84.0 cm³/mol. The highest BCUT2D eigenvalue weighted by Gasteiger charge is 2.59. The Kier molecular flexibility index (Phi) is 4.32. The molecule has 0 aromatic carbocycles. The first kappa shape index (κ1) is 17.2. The molecule has 0 aromatic rings. The van der Waals surface area contributed by atoms with Crippen LogP contribution in [-0.4, -0.2) is 54.8 Å². The summed E-state index contributed by atoms with van der Waals surface area (Å²) in [6.45, 7) is 7.91. The molecule has 2 fully saturated rings. The van der Waals surface area contributed by atoms with Gasteiger partial charge in [-0.3, -0.25) is 9.59 Å². The molecule has 1 atom stereocenters. The second-order valence-electron chi connectivity index (χ2n) is 7.43. The number of nitrogens with one attached hydrogen (secondary N) is 1. The third kappa shape index (κ3) is 3.45. The van der Waals surface area contributed by atoms with Crippen molar-refractivity contribution >= 4 is 21.7 Å². The van der Waals surface area contributed by atoms with Crippen LogP contribution in [0.15, 0.2) is 0 Å². The van der Waals surface area contributed by atoms with Crippen LogP contribution in [0.2, 0.25) is 0 Å². The van der Waals surface area contributed by atoms with Crippen LogP contribution < -0.4 is 5.32 Å². The van der Waals surface area contributed by atoms with Gasteiger partial charge in [-0.1, -0.05) is 0 Å². The van der Waals surface area contributed by atoms with E-state index in [0.717, 1.165) is 0 Å². The summed E-state index contributed by atoms with van der Waals surface area (Å²) in [5.41, 5.74) is -1.36. The number of carbonyl (C=O) groups is 2. The maximum atomic E-state index is 12.9. The molecule has 0 spiro atoms. The second kappa shape index (κ2) is 5.51. The molecule has 0 bridgehead atoms. The van der Waals surface area contributed by atoms with Crippen LogP contribution in [0.3, 0.4) is 0 Å². The Morgan fingerprint density at radius 1 is 1.27 bits per heavy atom. The van der Waals surface area contributed by atoms with Gasteiger partial charge < -0.3 is 10.2 Å². The highest BCUT2D eigenvalue weighted by molar-refractivity contribution is 7.91. The van der Waals surface area contributed by atoms with Crippen LogP contribution >= 0.6 is 0 Å². The van der Waals surface area contributed by atoms with Crippen LogP contribution in [0.25, 0.3) is 0 Å². The van der Waals surface area contributed by atoms with Crippen molar-refractivity contribution in [1.82, 2.24) is 10.2 Å². The first-order valence-corrected chi connectivity index (χ1v) is 9.67. The lowest BCUT2D eigenvalue weighted by Crippen LogP contribution is -2.52. The Hall–Kier alpha value is -1.11. The summed E-state index contributed by atoms with van der Waals surface area (Å²) in [5, 5.41) is 2.88. The van der Waals surface area contributed by atoms with Crippen molar-refractivity contribution in [2.45, 2.75) is 58.5 Å². The standard InChI is InChI=1S/C15H26N2O4S/c1-5-17(11-6-9-22(20,21)10-11)13(19)15(7-8-15)12(18)16-14(2,3)4/h11H,5-10H2,1-4H3,(H,16,18). The van der Waals surface area contributed by atoms with Crippen LogP contribution in [0.5, 0.6) is 0 Å². The van der Waals surface area contributed by atoms with Gasteiger partial charge in [-0.05, 0) is 47.0 Å². The van der Waals surface area contributed by atoms with Gasteiger partial charge in [0, 0.05) is 18.1 Å². The van der Waals surface area contributed by atoms with Gasteiger partial charge in [0.2, 0.25) is 11.8 Å². The Morgan fingerprint density at radius 3 is 2.23 bits per heavy atom. The first-order valence-electron chi connectivity index (χ1n) is 7.85. The Morgan fingerprint density at radius 2 is 1.86 bits per heavy atom. The monoisotopic (exact) mass is 330 g/mol. The van der Waals surface area contributed by atoms with Crippen molar-refractivity contribution in [2.24, 2.45) is 5.41 Å². The average molecular weight is 330 g/mol. The highest BCUT2D eigenvalue weighted by atomic mass is 32.2. The van der Waals surface area contributed by atoms with E-state index in [9.17, 15) is 18.0 Å². The van der Waals surface area contributed by atoms with Crippen LogP contribution in [0.1, 0.15) is 47.0 Å². The van der Waals surface area contributed by atoms with Gasteiger partial charge in [-0.2, -0.15) is 0 Å². The molecule has 1 aliphatic heterocycles. The van der Waals surface area contributed by atoms with E-state index in [2.05, 4.69) is 5.32 Å². The molecule has 0 aromatic heterocycles. The second-order valence-corrected chi connectivity index (χ2v) is 9.66. The SMILES string of the molecule is CCN(C(=O)C1(C(=O)NC(C)(C)C)CC1)C1CCS(=O)(=O)C1. The first-order chi connectivity index (χ1) is 10.0. The number of sulfone groups is 1. The molecule has 0 radical (unpaired) electrons. The summed E-state index contributed by atoms with van der Waals surface area (Å²) >= 11 is 0. The molecule has 1 N–H and O–H groups in total. The number of hydrogen-bond acceptors (Lipinski definition) is 4. The molecule has 1 unspecified atom stereocenters. The fourth-order valence-electron chi connectivity index (χ4n) is 2.99. The summed E-state index contributed by atoms with van der Waals surface area (Å²) in [7, 11) is -3.05. The van der Waals surface area contributed by atoms with E-state index < -0.39 is 15.3 Å². The summed E-state index contributed by atoms with van der Waals surface area (Å²) in [5.74, 6) is -0.297. The minimum absolute atomic E-state index is 0.0174. The number of amides is 2. The van der Waals surface area contributed by atoms with Crippen LogP contribution in [-0.2, 0) is 19.4 Å². The summed E-state index contributed by atoms with van der Waals surface area (Å²) in [6, 6.07) is -0.289. The zero-order valence-electron chi connectivity index (χ0n) is 13.8. The molecule has 7 heteroatoms. The maximum Gasteiger partial charge on any atom is 0.238 e. The van der Waals surface area contributed by atoms with Gasteiger partial charge in [0.05, 0.1) is 11.5 Å². The third-order valence-corrected chi connectivity index (χ3v) is 6.08. The largest absolute Gasteiger partial charge is 0.351 e. The lowest BCUT2D eigenvalue weighted by molar-refractivity contribution is -0.146. The molecule has 6 nitrogen and oxygen atoms in total. The van der Waals surface area contributed by atoms with E-state index in [1.54, 1.807) is 4.90 Å². The molecular formula is C15H26N2O4S. The lowest BCUT2D eigenvalue weighted by atomic mass is 9.99. The fraction of sp³-hybridized carbons (Fsp3) is 0.867. The van der Waals surface area contributed by atoms with Crippen molar-refractivity contribution in [1.29, 1.82) is 0 Å². The molecule has 1 heterocycles. The minimum Gasteiger partial charge on any atom is -0.351 e. The topological polar surface area (TPSA) is 83.6 Å². The number of carbonyl (C=O) groups excluding carboxylic acids is 2. The predicted octanol–water partition coefficient (Wildman–Crippen LogP) is 0.717. The van der Waals surface area contributed by atoms with Crippen LogP contribution in [0, 0.1) is 5.41 Å². The Balaban J connectivity index is 2.13. The van der Waals surface area contributed by atoms with Crippen molar-refractivity contribution in [3.05, 3.63) is 0 Å². The quantitative estimate of drug-likeness (QED) is 0.770. The van der Waals surface area contributed by atoms with Crippen molar-refractivity contribution in [3.63, 3.8) is 0 Å². The lowest BCUT2D eigenvalue weighted by Gasteiger charge is -2.32. The van der Waals surface area contributed by atoms with E-state index in [-0.39, 0.29) is 34.9 Å². The molecule has 22 heavy (non-hydrogen) atoms. The zero-order chi connectivity index (χ0) is 16.8. The van der Waals surface area contributed by atoms with Gasteiger partial charge in [0.15, 0.2) is 9.84 Å². The highest BCUT2D eigenvalue weighted by Crippen LogP contribution is 2.48. The Labute approximate surface area is 132 Å². The van der Waals surface area contributed by atoms with Gasteiger partial charge in [-0.15, -0.1) is 0 Å². The van der Waals surface area contributed by atoms with E-state index in [1.165, 1.54) is 0 Å². The van der Waals surface area contributed by atoms with Gasteiger partial charge in [-0.25, -0.2) is 8.42 Å². The fourth-order valence-corrected chi connectivity index (χ4v) is 4.72. The Bertz CT molecular complexity index is 573. The van der Waals surface area contributed by atoms with Gasteiger partial charge >= 0.3 is 0 Å². The van der Waals surface area contributed by atoms with E-state index in [4.69, 9.17) is 0 Å². The molecule has 1 aliphatic carbocycles. The van der Waals surface area contributed by atoms with E-state index >= 15 is 0 Å². The molecule has 1 saturated carbocycles. The van der Waals surface area contributed by atoms with Crippen molar-refractivity contribution in [3.8, 4) is 0 Å². The smallest absolute Gasteiger partial charge is 0.238 e.